The van der Waals surface area contributed by atoms with Gasteiger partial charge in [-0.05, 0) is 42.5 Å². The fourth-order valence-corrected chi connectivity index (χ4v) is 3.19. The molecule has 1 fully saturated rings. The van der Waals surface area contributed by atoms with Gasteiger partial charge in [-0.3, -0.25) is 4.79 Å². The highest BCUT2D eigenvalue weighted by atomic mass is 35.5. The maximum atomic E-state index is 13.2. The Balaban J connectivity index is 1.56. The van der Waals surface area contributed by atoms with Crippen LogP contribution in [-0.4, -0.2) is 22.6 Å². The monoisotopic (exact) mass is 375 g/mol. The zero-order valence-corrected chi connectivity index (χ0v) is 14.1. The van der Waals surface area contributed by atoms with Crippen molar-refractivity contribution in [1.82, 2.24) is 10.1 Å². The van der Waals surface area contributed by atoms with Gasteiger partial charge in [0.15, 0.2) is 5.82 Å². The predicted molar refractivity (Wildman–Crippen MR) is 90.8 cm³/mol. The fraction of sp³-hybridized carbons (Fsp3) is 0.167. The number of hydrogen-bond acceptors (Lipinski definition) is 4. The second-order valence-electron chi connectivity index (χ2n) is 5.97. The van der Waals surface area contributed by atoms with Crippen molar-refractivity contribution >= 4 is 23.2 Å². The van der Waals surface area contributed by atoms with Crippen LogP contribution in [0.5, 0.6) is 0 Å². The van der Waals surface area contributed by atoms with Crippen molar-refractivity contribution < 1.29 is 18.1 Å². The number of amides is 1. The molecule has 132 valence electrons. The lowest BCUT2D eigenvalue weighted by atomic mass is 10.1. The van der Waals surface area contributed by atoms with Crippen LogP contribution in [0.3, 0.4) is 0 Å². The molecule has 1 amide bonds. The molecule has 1 unspecified atom stereocenters. The van der Waals surface area contributed by atoms with Crippen LogP contribution in [-0.2, 0) is 4.79 Å². The third-order valence-corrected chi connectivity index (χ3v) is 4.53. The molecule has 0 saturated carbocycles. The molecule has 3 aromatic rings. The van der Waals surface area contributed by atoms with E-state index in [1.807, 2.05) is 0 Å². The molecule has 4 rings (SSSR count). The van der Waals surface area contributed by atoms with Crippen LogP contribution in [0, 0.1) is 11.6 Å². The third-order valence-electron chi connectivity index (χ3n) is 4.22. The Hall–Kier alpha value is -2.80. The molecule has 26 heavy (non-hydrogen) atoms. The van der Waals surface area contributed by atoms with Crippen LogP contribution in [0.25, 0.3) is 11.5 Å². The number of halogens is 3. The Morgan fingerprint density at radius 1 is 1.12 bits per heavy atom. The van der Waals surface area contributed by atoms with E-state index in [9.17, 15) is 13.6 Å². The van der Waals surface area contributed by atoms with E-state index in [0.717, 1.165) is 0 Å². The van der Waals surface area contributed by atoms with Crippen LogP contribution in [0.4, 0.5) is 14.5 Å². The molecule has 1 aliphatic rings. The van der Waals surface area contributed by atoms with Crippen molar-refractivity contribution in [2.45, 2.75) is 12.3 Å². The summed E-state index contributed by atoms with van der Waals surface area (Å²) >= 11 is 6.05. The average molecular weight is 376 g/mol. The van der Waals surface area contributed by atoms with Gasteiger partial charge in [-0.2, -0.15) is 4.98 Å². The van der Waals surface area contributed by atoms with Gasteiger partial charge in [-0.1, -0.05) is 16.8 Å². The van der Waals surface area contributed by atoms with Crippen molar-refractivity contribution in [2.75, 3.05) is 11.4 Å². The molecule has 0 bridgehead atoms. The molecule has 2 heterocycles. The number of benzene rings is 2. The maximum Gasteiger partial charge on any atom is 0.257 e. The van der Waals surface area contributed by atoms with Gasteiger partial charge in [0, 0.05) is 24.4 Å². The first-order valence-electron chi connectivity index (χ1n) is 7.86. The quantitative estimate of drug-likeness (QED) is 0.688. The molecule has 0 aliphatic carbocycles. The van der Waals surface area contributed by atoms with Gasteiger partial charge in [0.2, 0.25) is 5.91 Å². The molecule has 0 radical (unpaired) electrons. The van der Waals surface area contributed by atoms with Gasteiger partial charge < -0.3 is 9.42 Å². The van der Waals surface area contributed by atoms with Gasteiger partial charge in [0.05, 0.1) is 10.7 Å². The predicted octanol–water partition coefficient (Wildman–Crippen LogP) is 4.19. The van der Waals surface area contributed by atoms with E-state index in [4.69, 9.17) is 16.1 Å². The maximum absolute atomic E-state index is 13.2. The second kappa shape index (κ2) is 6.49. The summed E-state index contributed by atoms with van der Waals surface area (Å²) in [6.45, 7) is 0.312. The summed E-state index contributed by atoms with van der Waals surface area (Å²) in [6.07, 6.45) is 0.191. The molecule has 8 heteroatoms. The zero-order chi connectivity index (χ0) is 18.3. The lowest BCUT2D eigenvalue weighted by Crippen LogP contribution is -2.24. The lowest BCUT2D eigenvalue weighted by molar-refractivity contribution is -0.117. The zero-order valence-electron chi connectivity index (χ0n) is 13.3. The minimum Gasteiger partial charge on any atom is -0.334 e. The van der Waals surface area contributed by atoms with Crippen LogP contribution >= 0.6 is 11.6 Å². The van der Waals surface area contributed by atoms with E-state index in [1.165, 1.54) is 47.4 Å². The van der Waals surface area contributed by atoms with Crippen LogP contribution < -0.4 is 4.90 Å². The summed E-state index contributed by atoms with van der Waals surface area (Å²) in [7, 11) is 0. The minimum atomic E-state index is -0.468. The van der Waals surface area contributed by atoms with Gasteiger partial charge >= 0.3 is 0 Å². The van der Waals surface area contributed by atoms with Gasteiger partial charge in [-0.25, -0.2) is 8.78 Å². The van der Waals surface area contributed by atoms with Crippen molar-refractivity contribution in [3.05, 3.63) is 64.9 Å². The summed E-state index contributed by atoms with van der Waals surface area (Å²) < 4.78 is 31.5. The smallest absolute Gasteiger partial charge is 0.257 e. The molecule has 2 aromatic carbocycles. The molecule has 1 atom stereocenters. The number of aromatic nitrogens is 2. The first kappa shape index (κ1) is 16.7. The highest BCUT2D eigenvalue weighted by Crippen LogP contribution is 2.35. The molecular formula is C18H12ClF2N3O2. The SMILES string of the molecule is O=C1CC(c2noc(-c3ccc(F)cc3)n2)CN1c1ccc(F)cc1Cl. The first-order chi connectivity index (χ1) is 12.5. The Bertz CT molecular complexity index is 975. The summed E-state index contributed by atoms with van der Waals surface area (Å²) in [6, 6.07) is 9.57. The lowest BCUT2D eigenvalue weighted by Gasteiger charge is -2.17. The first-order valence-corrected chi connectivity index (χ1v) is 8.24. The van der Waals surface area contributed by atoms with Gasteiger partial charge in [0.25, 0.3) is 5.89 Å². The molecule has 1 aromatic heterocycles. The Morgan fingerprint density at radius 3 is 2.58 bits per heavy atom. The van der Waals surface area contributed by atoms with Gasteiger partial charge in [0.1, 0.15) is 11.6 Å². The molecule has 1 aliphatic heterocycles. The number of rotatable bonds is 3. The van der Waals surface area contributed by atoms with E-state index in [-0.39, 0.29) is 35.0 Å². The molecule has 0 spiro atoms. The highest BCUT2D eigenvalue weighted by molar-refractivity contribution is 6.33. The Labute approximate surface area is 152 Å². The summed E-state index contributed by atoms with van der Waals surface area (Å²) in [5.74, 6) is -0.618. The number of nitrogens with zero attached hydrogens (tertiary/aromatic N) is 3. The number of carbonyl (C=O) groups excluding carboxylic acids is 1. The van der Waals surface area contributed by atoms with E-state index in [2.05, 4.69) is 10.1 Å². The molecule has 1 saturated heterocycles. The van der Waals surface area contributed by atoms with Gasteiger partial charge in [-0.15, -0.1) is 0 Å². The third kappa shape index (κ3) is 3.06. The molecule has 5 nitrogen and oxygen atoms in total. The minimum absolute atomic E-state index is 0.156. The second-order valence-corrected chi connectivity index (χ2v) is 6.37. The largest absolute Gasteiger partial charge is 0.334 e. The van der Waals surface area contributed by atoms with E-state index in [1.54, 1.807) is 0 Å². The summed E-state index contributed by atoms with van der Waals surface area (Å²) in [5.41, 5.74) is 1.04. The van der Waals surface area contributed by atoms with Crippen molar-refractivity contribution in [3.63, 3.8) is 0 Å². The van der Waals surface area contributed by atoms with E-state index in [0.29, 0.717) is 23.6 Å². The van der Waals surface area contributed by atoms with E-state index >= 15 is 0 Å². The summed E-state index contributed by atoms with van der Waals surface area (Å²) in [5, 5.41) is 4.11. The van der Waals surface area contributed by atoms with E-state index < -0.39 is 5.82 Å². The summed E-state index contributed by atoms with van der Waals surface area (Å²) in [4.78, 5) is 18.2. The fourth-order valence-electron chi connectivity index (χ4n) is 2.92. The standard InChI is InChI=1S/C18H12ClF2N3O2/c19-14-8-13(21)5-6-15(14)24-9-11(7-16(24)25)17-22-18(26-23-17)10-1-3-12(20)4-2-10/h1-6,8,11H,7,9H2. The van der Waals surface area contributed by atoms with Crippen molar-refractivity contribution in [1.29, 1.82) is 0 Å². The van der Waals surface area contributed by atoms with Crippen LogP contribution in [0.15, 0.2) is 47.0 Å². The number of hydrogen-bond donors (Lipinski definition) is 0. The van der Waals surface area contributed by atoms with Crippen LogP contribution in [0.1, 0.15) is 18.2 Å². The van der Waals surface area contributed by atoms with Crippen molar-refractivity contribution in [2.24, 2.45) is 0 Å². The normalized spacial score (nSPS) is 17.1. The molecule has 0 N–H and O–H groups in total. The Morgan fingerprint density at radius 2 is 1.85 bits per heavy atom. The topological polar surface area (TPSA) is 59.2 Å². The van der Waals surface area contributed by atoms with Crippen molar-refractivity contribution in [3.8, 4) is 11.5 Å². The highest BCUT2D eigenvalue weighted by Gasteiger charge is 2.35. The Kier molecular flexibility index (Phi) is 4.16. The average Bonchev–Trinajstić information content (AvgIpc) is 3.23. The number of carbonyl (C=O) groups is 1. The number of anilines is 1. The molecular weight excluding hydrogens is 364 g/mol. The van der Waals surface area contributed by atoms with Crippen LogP contribution in [0.2, 0.25) is 5.02 Å².